The zero-order valence-electron chi connectivity index (χ0n) is 17.4. The average Bonchev–Trinajstić information content (AvgIpc) is 3.04. The highest BCUT2D eigenvalue weighted by molar-refractivity contribution is 5.69. The van der Waals surface area contributed by atoms with Crippen molar-refractivity contribution in [3.8, 4) is 29.0 Å². The number of aryl methyl sites for hydroxylation is 2. The third-order valence-corrected chi connectivity index (χ3v) is 5.06. The molecule has 0 unspecified atom stereocenters. The molecule has 2 aromatic heterocycles. The number of nitrogen functional groups attached to an aromatic ring is 1. The summed E-state index contributed by atoms with van der Waals surface area (Å²) < 4.78 is 7.66. The number of nitriles is 1. The van der Waals surface area contributed by atoms with E-state index in [1.54, 1.807) is 23.0 Å². The molecule has 0 fully saturated rings. The third kappa shape index (κ3) is 3.53. The Labute approximate surface area is 174 Å². The molecule has 9 heteroatoms. The van der Waals surface area contributed by atoms with Crippen LogP contribution in [-0.4, -0.2) is 38.4 Å². The van der Waals surface area contributed by atoms with Crippen LogP contribution < -0.4 is 15.3 Å². The normalized spacial score (nSPS) is 16.6. The minimum Gasteiger partial charge on any atom is -0.467 e. The van der Waals surface area contributed by atoms with Crippen LogP contribution in [0.5, 0.6) is 11.6 Å². The maximum absolute atomic E-state index is 9.67. The molecule has 1 aliphatic heterocycles. The summed E-state index contributed by atoms with van der Waals surface area (Å²) in [6, 6.07) is 8.14. The van der Waals surface area contributed by atoms with Gasteiger partial charge in [0.1, 0.15) is 17.9 Å². The van der Waals surface area contributed by atoms with Crippen molar-refractivity contribution >= 4 is 5.82 Å². The van der Waals surface area contributed by atoms with Crippen molar-refractivity contribution < 1.29 is 9.57 Å². The lowest BCUT2D eigenvalue weighted by Gasteiger charge is -2.22. The molecule has 0 saturated heterocycles. The van der Waals surface area contributed by atoms with Crippen molar-refractivity contribution in [2.75, 3.05) is 19.3 Å². The standard InChI is InChI=1S/C21H23N7O2/c1-12-5-6-18-14(9-12)13(2)29-21-20(23)24-11-16(25-21)19-15(7-8-27(3)30-18)26-28(4)17(19)10-22/h5-6,9,11,13H,7-8H2,1-4H3,(H2,23,24)/t13-/m1/s1. The third-order valence-electron chi connectivity index (χ3n) is 5.06. The van der Waals surface area contributed by atoms with Crippen molar-refractivity contribution in [2.45, 2.75) is 26.4 Å². The molecule has 1 aliphatic rings. The van der Waals surface area contributed by atoms with Crippen LogP contribution in [0.15, 0.2) is 24.4 Å². The highest BCUT2D eigenvalue weighted by Crippen LogP contribution is 2.34. The Bertz CT molecular complexity index is 1150. The van der Waals surface area contributed by atoms with Gasteiger partial charge in [0.05, 0.1) is 23.1 Å². The Morgan fingerprint density at radius 2 is 2.10 bits per heavy atom. The number of nitrogens with two attached hydrogens (primary N) is 1. The monoisotopic (exact) mass is 405 g/mol. The molecule has 2 bridgehead atoms. The van der Waals surface area contributed by atoms with Gasteiger partial charge in [-0.05, 0) is 26.0 Å². The fourth-order valence-corrected chi connectivity index (χ4v) is 3.52. The van der Waals surface area contributed by atoms with Crippen LogP contribution in [0.4, 0.5) is 5.82 Å². The zero-order valence-corrected chi connectivity index (χ0v) is 17.4. The summed E-state index contributed by atoms with van der Waals surface area (Å²) in [7, 11) is 3.60. The van der Waals surface area contributed by atoms with E-state index in [0.29, 0.717) is 35.7 Å². The highest BCUT2D eigenvalue weighted by Gasteiger charge is 2.24. The smallest absolute Gasteiger partial charge is 0.258 e. The van der Waals surface area contributed by atoms with Gasteiger partial charge in [0.15, 0.2) is 11.6 Å². The molecule has 154 valence electrons. The largest absolute Gasteiger partial charge is 0.467 e. The van der Waals surface area contributed by atoms with E-state index in [1.807, 2.05) is 39.1 Å². The minimum atomic E-state index is -0.385. The second-order valence-corrected chi connectivity index (χ2v) is 7.35. The maximum Gasteiger partial charge on any atom is 0.258 e. The molecule has 0 amide bonds. The van der Waals surface area contributed by atoms with Crippen molar-refractivity contribution in [1.82, 2.24) is 24.8 Å². The molecule has 1 aromatic carbocycles. The van der Waals surface area contributed by atoms with Gasteiger partial charge in [0.2, 0.25) is 0 Å². The Kier molecular flexibility index (Phi) is 5.01. The van der Waals surface area contributed by atoms with Crippen molar-refractivity contribution in [2.24, 2.45) is 7.05 Å². The number of benzene rings is 1. The fourth-order valence-electron chi connectivity index (χ4n) is 3.52. The number of hydrogen-bond donors (Lipinski definition) is 1. The number of anilines is 1. The van der Waals surface area contributed by atoms with Gasteiger partial charge in [0, 0.05) is 32.6 Å². The van der Waals surface area contributed by atoms with E-state index in [0.717, 1.165) is 16.8 Å². The molecule has 30 heavy (non-hydrogen) atoms. The lowest BCUT2D eigenvalue weighted by atomic mass is 10.1. The Balaban J connectivity index is 1.88. The summed E-state index contributed by atoms with van der Waals surface area (Å²) >= 11 is 0. The van der Waals surface area contributed by atoms with E-state index >= 15 is 0 Å². The molecule has 9 nitrogen and oxygen atoms in total. The van der Waals surface area contributed by atoms with Crippen LogP contribution in [0.1, 0.15) is 35.5 Å². The second kappa shape index (κ2) is 7.65. The predicted molar refractivity (Wildman–Crippen MR) is 111 cm³/mol. The number of likely N-dealkylation sites (N-methyl/N-ethyl adjacent to an activating group) is 1. The van der Waals surface area contributed by atoms with E-state index in [4.69, 9.17) is 15.3 Å². The van der Waals surface area contributed by atoms with Crippen LogP contribution in [0, 0.1) is 18.3 Å². The number of nitrogens with zero attached hydrogens (tertiary/aromatic N) is 6. The van der Waals surface area contributed by atoms with Crippen molar-refractivity contribution in [1.29, 1.82) is 5.26 Å². The van der Waals surface area contributed by atoms with Gasteiger partial charge in [-0.1, -0.05) is 11.6 Å². The SMILES string of the molecule is Cc1ccc2c(c1)[C@@H](C)Oc1nc(cnc1N)-c1c(nn(C)c1C#N)CCN(C)O2. The molecule has 0 aliphatic carbocycles. The number of aromatic nitrogens is 4. The van der Waals surface area contributed by atoms with Gasteiger partial charge in [-0.3, -0.25) is 4.68 Å². The van der Waals surface area contributed by atoms with Gasteiger partial charge < -0.3 is 15.3 Å². The summed E-state index contributed by atoms with van der Waals surface area (Å²) in [6.45, 7) is 4.48. The van der Waals surface area contributed by atoms with Gasteiger partial charge in [0.25, 0.3) is 5.88 Å². The molecule has 3 aromatic rings. The first-order chi connectivity index (χ1) is 14.4. The molecule has 0 saturated carbocycles. The predicted octanol–water partition coefficient (Wildman–Crippen LogP) is 2.56. The van der Waals surface area contributed by atoms with Gasteiger partial charge in [-0.25, -0.2) is 9.97 Å². The number of hydroxylamine groups is 2. The first-order valence-electron chi connectivity index (χ1n) is 9.62. The molecular formula is C21H23N7O2. The lowest BCUT2D eigenvalue weighted by Crippen LogP contribution is -2.26. The van der Waals surface area contributed by atoms with E-state index in [2.05, 4.69) is 21.1 Å². The van der Waals surface area contributed by atoms with E-state index < -0.39 is 0 Å². The molecule has 2 N–H and O–H groups in total. The lowest BCUT2D eigenvalue weighted by molar-refractivity contribution is -0.0329. The zero-order chi connectivity index (χ0) is 21.4. The Morgan fingerprint density at radius 1 is 1.30 bits per heavy atom. The van der Waals surface area contributed by atoms with Crippen LogP contribution >= 0.6 is 0 Å². The summed E-state index contributed by atoms with van der Waals surface area (Å²) in [5.74, 6) is 1.08. The van der Waals surface area contributed by atoms with Gasteiger partial charge in [-0.2, -0.15) is 10.4 Å². The summed E-state index contributed by atoms with van der Waals surface area (Å²) in [4.78, 5) is 14.9. The molecular weight excluding hydrogens is 382 g/mol. The Hall–Kier alpha value is -3.64. The molecule has 0 radical (unpaired) electrons. The van der Waals surface area contributed by atoms with E-state index in [9.17, 15) is 5.26 Å². The number of rotatable bonds is 0. The van der Waals surface area contributed by atoms with E-state index in [1.165, 1.54) is 0 Å². The average molecular weight is 405 g/mol. The number of hydrogen-bond acceptors (Lipinski definition) is 8. The maximum atomic E-state index is 9.67. The molecule has 4 rings (SSSR count). The van der Waals surface area contributed by atoms with Crippen LogP contribution in [0.2, 0.25) is 0 Å². The molecule has 3 heterocycles. The quantitative estimate of drug-likeness (QED) is 0.607. The van der Waals surface area contributed by atoms with E-state index in [-0.39, 0.29) is 17.8 Å². The molecule has 0 spiro atoms. The van der Waals surface area contributed by atoms with Gasteiger partial charge >= 0.3 is 0 Å². The topological polar surface area (TPSA) is 115 Å². The highest BCUT2D eigenvalue weighted by atomic mass is 16.7. The minimum absolute atomic E-state index is 0.177. The Morgan fingerprint density at radius 3 is 2.87 bits per heavy atom. The second-order valence-electron chi connectivity index (χ2n) is 7.35. The fraction of sp³-hybridized carbons (Fsp3) is 0.333. The van der Waals surface area contributed by atoms with Crippen molar-refractivity contribution in [3.63, 3.8) is 0 Å². The first kappa shape index (κ1) is 19.7. The van der Waals surface area contributed by atoms with Gasteiger partial charge in [-0.15, -0.1) is 5.06 Å². The molecule has 1 atom stereocenters. The summed E-state index contributed by atoms with van der Waals surface area (Å²) in [5.41, 5.74) is 10.3. The summed E-state index contributed by atoms with van der Waals surface area (Å²) in [6.07, 6.45) is 1.72. The first-order valence-corrected chi connectivity index (χ1v) is 9.62. The van der Waals surface area contributed by atoms with Crippen LogP contribution in [-0.2, 0) is 13.5 Å². The van der Waals surface area contributed by atoms with Crippen molar-refractivity contribution in [3.05, 3.63) is 46.9 Å². The summed E-state index contributed by atoms with van der Waals surface area (Å²) in [5, 5.41) is 15.9. The number of ether oxygens (including phenoxy) is 1. The van der Waals surface area contributed by atoms with Crippen LogP contribution in [0.3, 0.4) is 0 Å². The van der Waals surface area contributed by atoms with Crippen LogP contribution in [0.25, 0.3) is 11.3 Å². The number of fused-ring (bicyclic) bond motifs is 5.